The first-order chi connectivity index (χ1) is 14.3. The first kappa shape index (κ1) is 22.3. The minimum absolute atomic E-state index is 0.0879. The maximum absolute atomic E-state index is 12.4. The van der Waals surface area contributed by atoms with Crippen LogP contribution in [0.3, 0.4) is 0 Å². The summed E-state index contributed by atoms with van der Waals surface area (Å²) in [6, 6.07) is 5.79. The normalized spacial score (nSPS) is 28.6. The van der Waals surface area contributed by atoms with Gasteiger partial charge in [0, 0.05) is 12.6 Å². The van der Waals surface area contributed by atoms with E-state index >= 15 is 0 Å². The molecule has 9 heteroatoms. The molecule has 0 aliphatic heterocycles. The van der Waals surface area contributed by atoms with E-state index in [-0.39, 0.29) is 5.75 Å². The van der Waals surface area contributed by atoms with E-state index in [4.69, 9.17) is 24.5 Å². The van der Waals surface area contributed by atoms with Crippen molar-refractivity contribution in [3.05, 3.63) is 23.8 Å². The number of rotatable bonds is 6. The lowest BCUT2D eigenvalue weighted by Crippen LogP contribution is -2.38. The van der Waals surface area contributed by atoms with E-state index < -0.39 is 18.6 Å². The molecule has 0 heterocycles. The van der Waals surface area contributed by atoms with Gasteiger partial charge in [-0.25, -0.2) is 9.59 Å². The minimum Gasteiger partial charge on any atom is -0.493 e. The highest BCUT2D eigenvalue weighted by molar-refractivity contribution is 6.27. The molecule has 7 nitrogen and oxygen atoms in total. The molecule has 3 fully saturated rings. The molecule has 166 valence electrons. The summed E-state index contributed by atoms with van der Waals surface area (Å²) in [4.78, 5) is 18.2. The van der Waals surface area contributed by atoms with E-state index in [1.165, 1.54) is 39.2 Å². The predicted molar refractivity (Wildman–Crippen MR) is 103 cm³/mol. The van der Waals surface area contributed by atoms with Gasteiger partial charge in [-0.2, -0.15) is 8.78 Å². The summed E-state index contributed by atoms with van der Waals surface area (Å²) in [5.74, 6) is 0.507. The Morgan fingerprint density at radius 2 is 1.80 bits per heavy atom. The van der Waals surface area contributed by atoms with E-state index in [0.717, 1.165) is 35.8 Å². The molecule has 5 unspecified atom stereocenters. The Bertz CT molecular complexity index is 762. The smallest absolute Gasteiger partial charge is 0.414 e. The quantitative estimate of drug-likeness (QED) is 0.598. The lowest BCUT2D eigenvalue weighted by molar-refractivity contribution is -0.159. The van der Waals surface area contributed by atoms with Crippen LogP contribution in [-0.2, 0) is 16.1 Å². The van der Waals surface area contributed by atoms with Crippen LogP contribution in [-0.4, -0.2) is 41.9 Å². The van der Waals surface area contributed by atoms with Gasteiger partial charge in [-0.15, -0.1) is 0 Å². The molecule has 1 aromatic rings. The molecule has 0 spiro atoms. The van der Waals surface area contributed by atoms with Crippen LogP contribution in [0.4, 0.5) is 8.78 Å². The van der Waals surface area contributed by atoms with Crippen molar-refractivity contribution in [3.63, 3.8) is 0 Å². The van der Waals surface area contributed by atoms with E-state index in [2.05, 4.69) is 10.1 Å². The van der Waals surface area contributed by atoms with Gasteiger partial charge in [-0.05, 0) is 67.1 Å². The number of fused-ring (bicyclic) bond motifs is 5. The molecule has 4 rings (SSSR count). The SMILES string of the molecule is COc1cc(CNC2CC3CC2C2CCCC32)ccc1OC(F)F.O=C(O)C(=O)O. The average molecular weight is 427 g/mol. The summed E-state index contributed by atoms with van der Waals surface area (Å²) < 4.78 is 34.4. The first-order valence-corrected chi connectivity index (χ1v) is 10.1. The van der Waals surface area contributed by atoms with Crippen LogP contribution in [0, 0.1) is 23.7 Å². The van der Waals surface area contributed by atoms with Gasteiger partial charge in [-0.1, -0.05) is 12.5 Å². The van der Waals surface area contributed by atoms with Crippen LogP contribution >= 0.6 is 0 Å². The third-order valence-corrected chi connectivity index (χ3v) is 6.62. The molecule has 0 saturated heterocycles. The zero-order valence-corrected chi connectivity index (χ0v) is 16.7. The lowest BCUT2D eigenvalue weighted by Gasteiger charge is -2.32. The number of carboxylic acids is 2. The molecule has 3 aliphatic rings. The summed E-state index contributed by atoms with van der Waals surface area (Å²) in [6.45, 7) is -2.09. The second kappa shape index (κ2) is 9.59. The molecule has 5 atom stereocenters. The maximum Gasteiger partial charge on any atom is 0.414 e. The van der Waals surface area contributed by atoms with E-state index in [9.17, 15) is 8.78 Å². The Morgan fingerprint density at radius 3 is 2.43 bits per heavy atom. The van der Waals surface area contributed by atoms with Crippen LogP contribution in [0.2, 0.25) is 0 Å². The fourth-order valence-electron chi connectivity index (χ4n) is 5.57. The maximum atomic E-state index is 12.4. The molecule has 0 amide bonds. The number of halogens is 2. The number of ether oxygens (including phenoxy) is 2. The standard InChI is InChI=1S/C19H25F2NO2.C2H2O4/c1-23-18-7-11(5-6-17(18)24-19(20)21)10-22-16-9-12-8-15(16)14-4-2-3-13(12)14;3-1(4)2(5)6/h5-7,12-16,19,22H,2-4,8-10H2,1H3;(H,3,4)(H,5,6). The topological polar surface area (TPSA) is 105 Å². The number of carbonyl (C=O) groups is 2. The third-order valence-electron chi connectivity index (χ3n) is 6.62. The number of nitrogens with one attached hydrogen (secondary N) is 1. The van der Waals surface area contributed by atoms with E-state index in [1.54, 1.807) is 12.1 Å². The molecule has 0 radical (unpaired) electrons. The Morgan fingerprint density at radius 1 is 1.10 bits per heavy atom. The summed E-state index contributed by atoms with van der Waals surface area (Å²) in [5, 5.41) is 18.5. The number of alkyl halides is 2. The van der Waals surface area contributed by atoms with Crippen molar-refractivity contribution in [3.8, 4) is 11.5 Å². The highest BCUT2D eigenvalue weighted by Gasteiger charge is 2.53. The highest BCUT2D eigenvalue weighted by Crippen LogP contribution is 2.58. The number of hydrogen-bond donors (Lipinski definition) is 3. The first-order valence-electron chi connectivity index (χ1n) is 10.1. The van der Waals surface area contributed by atoms with Crippen LogP contribution in [0.5, 0.6) is 11.5 Å². The van der Waals surface area contributed by atoms with Crippen molar-refractivity contribution >= 4 is 11.9 Å². The van der Waals surface area contributed by atoms with E-state index in [1.807, 2.05) is 6.07 Å². The molecular formula is C21H27F2NO6. The van der Waals surface area contributed by atoms with Gasteiger partial charge in [0.1, 0.15) is 0 Å². The Kier molecular flexibility index (Phi) is 7.12. The summed E-state index contributed by atoms with van der Waals surface area (Å²) in [5.41, 5.74) is 1.04. The molecular weight excluding hydrogens is 400 g/mol. The van der Waals surface area contributed by atoms with Crippen molar-refractivity contribution in [2.24, 2.45) is 23.7 Å². The third kappa shape index (κ3) is 5.00. The number of carboxylic acid groups (broad SMARTS) is 2. The van der Waals surface area contributed by atoms with Crippen LogP contribution in [0.25, 0.3) is 0 Å². The molecule has 30 heavy (non-hydrogen) atoms. The lowest BCUT2D eigenvalue weighted by atomic mass is 9.79. The van der Waals surface area contributed by atoms with E-state index in [0.29, 0.717) is 11.8 Å². The second-order valence-corrected chi connectivity index (χ2v) is 8.12. The summed E-state index contributed by atoms with van der Waals surface area (Å²) in [6.07, 6.45) is 6.98. The highest BCUT2D eigenvalue weighted by atomic mass is 19.3. The number of benzene rings is 1. The van der Waals surface area contributed by atoms with Crippen LogP contribution in [0.15, 0.2) is 18.2 Å². The van der Waals surface area contributed by atoms with Crippen molar-refractivity contribution in [1.29, 1.82) is 0 Å². The Labute approximate surface area is 173 Å². The van der Waals surface area contributed by atoms with Gasteiger partial charge >= 0.3 is 18.6 Å². The van der Waals surface area contributed by atoms with Crippen molar-refractivity contribution in [2.75, 3.05) is 7.11 Å². The van der Waals surface area contributed by atoms with Gasteiger partial charge < -0.3 is 25.0 Å². The zero-order valence-electron chi connectivity index (χ0n) is 16.7. The summed E-state index contributed by atoms with van der Waals surface area (Å²) in [7, 11) is 1.47. The van der Waals surface area contributed by atoms with Crippen molar-refractivity contribution in [2.45, 2.75) is 51.3 Å². The second-order valence-electron chi connectivity index (χ2n) is 8.12. The van der Waals surface area contributed by atoms with Gasteiger partial charge in [0.15, 0.2) is 11.5 Å². The minimum atomic E-state index is -2.84. The number of hydrogen-bond acceptors (Lipinski definition) is 5. The summed E-state index contributed by atoms with van der Waals surface area (Å²) >= 11 is 0. The Balaban J connectivity index is 0.000000377. The monoisotopic (exact) mass is 427 g/mol. The fourth-order valence-corrected chi connectivity index (χ4v) is 5.57. The molecule has 3 saturated carbocycles. The molecule has 0 aromatic heterocycles. The van der Waals surface area contributed by atoms with Gasteiger partial charge in [0.05, 0.1) is 7.11 Å². The van der Waals surface area contributed by atoms with Gasteiger partial charge in [0.2, 0.25) is 0 Å². The average Bonchev–Trinajstić information content (AvgIpc) is 3.40. The van der Waals surface area contributed by atoms with Crippen molar-refractivity contribution in [1.82, 2.24) is 5.32 Å². The fraction of sp³-hybridized carbons (Fsp3) is 0.619. The zero-order chi connectivity index (χ0) is 21.8. The number of aliphatic carboxylic acids is 2. The molecule has 2 bridgehead atoms. The molecule has 3 aliphatic carbocycles. The molecule has 1 aromatic carbocycles. The Hall–Kier alpha value is -2.42. The largest absolute Gasteiger partial charge is 0.493 e. The van der Waals surface area contributed by atoms with Gasteiger partial charge in [-0.3, -0.25) is 0 Å². The predicted octanol–water partition coefficient (Wildman–Crippen LogP) is 3.37. The molecule has 3 N–H and O–H groups in total. The van der Waals surface area contributed by atoms with Crippen LogP contribution < -0.4 is 14.8 Å². The van der Waals surface area contributed by atoms with Crippen LogP contribution in [0.1, 0.15) is 37.7 Å². The van der Waals surface area contributed by atoms with Gasteiger partial charge in [0.25, 0.3) is 0 Å². The number of methoxy groups -OCH3 is 1. The van der Waals surface area contributed by atoms with Crippen molar-refractivity contribution < 1.29 is 38.1 Å².